The Bertz CT molecular complexity index is 903. The number of methoxy groups -OCH3 is 2. The van der Waals surface area contributed by atoms with Crippen molar-refractivity contribution in [2.75, 3.05) is 34.9 Å². The second-order valence-corrected chi connectivity index (χ2v) is 6.95. The molecule has 0 spiro atoms. The summed E-state index contributed by atoms with van der Waals surface area (Å²) in [6.45, 7) is 0.750. The van der Waals surface area contributed by atoms with Crippen molar-refractivity contribution in [3.05, 3.63) is 53.6 Å². The Morgan fingerprint density at radius 1 is 0.939 bits per heavy atom. The lowest BCUT2D eigenvalue weighted by atomic mass is 10.0. The number of alkyl halides is 3. The number of benzene rings is 2. The molecule has 182 valence electrons. The number of carboxylic acids is 2. The number of aliphatic carboxylic acids is 2. The maximum Gasteiger partial charge on any atom is 0.416 e. The fraction of sp³-hybridized carbons (Fsp3) is 0.364. The fourth-order valence-electron chi connectivity index (χ4n) is 2.61. The van der Waals surface area contributed by atoms with Crippen molar-refractivity contribution in [3.63, 3.8) is 0 Å². The SMILES string of the molecule is COc1ccc(C(CCN(C)C)Oc2ccc(C(F)(F)F)cc2)cc1OC.O=C(O)C(=O)O. The monoisotopic (exact) mass is 473 g/mol. The molecule has 0 saturated heterocycles. The Morgan fingerprint density at radius 3 is 1.91 bits per heavy atom. The van der Waals surface area contributed by atoms with Crippen molar-refractivity contribution in [1.29, 1.82) is 0 Å². The Hall–Kier alpha value is -3.47. The zero-order valence-corrected chi connectivity index (χ0v) is 18.5. The van der Waals surface area contributed by atoms with Gasteiger partial charge in [-0.15, -0.1) is 0 Å². The van der Waals surface area contributed by atoms with Crippen molar-refractivity contribution in [2.24, 2.45) is 0 Å². The summed E-state index contributed by atoms with van der Waals surface area (Å²) in [6.07, 6.45) is -4.06. The van der Waals surface area contributed by atoms with Gasteiger partial charge in [0, 0.05) is 13.0 Å². The zero-order valence-electron chi connectivity index (χ0n) is 18.5. The molecule has 11 heteroatoms. The van der Waals surface area contributed by atoms with Crippen LogP contribution in [-0.2, 0) is 15.8 Å². The van der Waals surface area contributed by atoms with Gasteiger partial charge in [0.2, 0.25) is 0 Å². The van der Waals surface area contributed by atoms with Crippen LogP contribution in [-0.4, -0.2) is 61.9 Å². The molecule has 1 unspecified atom stereocenters. The Morgan fingerprint density at radius 2 is 1.48 bits per heavy atom. The van der Waals surface area contributed by atoms with Gasteiger partial charge in [-0.3, -0.25) is 0 Å². The van der Waals surface area contributed by atoms with E-state index in [1.54, 1.807) is 20.3 Å². The maximum absolute atomic E-state index is 12.7. The predicted molar refractivity (Wildman–Crippen MR) is 113 cm³/mol. The highest BCUT2D eigenvalue weighted by molar-refractivity contribution is 6.27. The second kappa shape index (κ2) is 12.5. The van der Waals surface area contributed by atoms with Gasteiger partial charge in [0.1, 0.15) is 11.9 Å². The highest BCUT2D eigenvalue weighted by Crippen LogP contribution is 2.34. The molecule has 0 aliphatic carbocycles. The van der Waals surface area contributed by atoms with Gasteiger partial charge in [0.25, 0.3) is 0 Å². The largest absolute Gasteiger partial charge is 0.493 e. The highest BCUT2D eigenvalue weighted by Gasteiger charge is 2.30. The van der Waals surface area contributed by atoms with E-state index in [1.807, 2.05) is 31.1 Å². The van der Waals surface area contributed by atoms with E-state index in [4.69, 9.17) is 34.0 Å². The van der Waals surface area contributed by atoms with E-state index in [9.17, 15) is 13.2 Å². The molecule has 33 heavy (non-hydrogen) atoms. The van der Waals surface area contributed by atoms with Gasteiger partial charge in [0.05, 0.1) is 19.8 Å². The van der Waals surface area contributed by atoms with Crippen LogP contribution in [0.4, 0.5) is 13.2 Å². The van der Waals surface area contributed by atoms with E-state index in [0.29, 0.717) is 23.7 Å². The van der Waals surface area contributed by atoms with Gasteiger partial charge in [0.15, 0.2) is 11.5 Å². The Kier molecular flexibility index (Phi) is 10.5. The van der Waals surface area contributed by atoms with Gasteiger partial charge in [-0.1, -0.05) is 6.07 Å². The molecule has 0 heterocycles. The number of nitrogens with zero attached hydrogens (tertiary/aromatic N) is 1. The van der Waals surface area contributed by atoms with Crippen molar-refractivity contribution in [3.8, 4) is 17.2 Å². The van der Waals surface area contributed by atoms with E-state index >= 15 is 0 Å². The van der Waals surface area contributed by atoms with Crippen LogP contribution in [0.15, 0.2) is 42.5 Å². The first-order valence-corrected chi connectivity index (χ1v) is 9.55. The van der Waals surface area contributed by atoms with Gasteiger partial charge >= 0.3 is 18.1 Å². The first-order chi connectivity index (χ1) is 15.4. The van der Waals surface area contributed by atoms with E-state index in [-0.39, 0.29) is 6.10 Å². The first-order valence-electron chi connectivity index (χ1n) is 9.55. The quantitative estimate of drug-likeness (QED) is 0.556. The molecule has 0 aliphatic rings. The molecule has 1 atom stereocenters. The minimum atomic E-state index is -4.37. The average Bonchev–Trinajstić information content (AvgIpc) is 2.76. The predicted octanol–water partition coefficient (Wildman–Crippen LogP) is 3.95. The van der Waals surface area contributed by atoms with Crippen LogP contribution in [0.3, 0.4) is 0 Å². The topological polar surface area (TPSA) is 106 Å². The van der Waals surface area contributed by atoms with Gasteiger partial charge in [-0.05, 0) is 56.1 Å². The van der Waals surface area contributed by atoms with Gasteiger partial charge in [-0.2, -0.15) is 13.2 Å². The van der Waals surface area contributed by atoms with Crippen LogP contribution >= 0.6 is 0 Å². The third-order valence-corrected chi connectivity index (χ3v) is 4.26. The van der Waals surface area contributed by atoms with E-state index < -0.39 is 23.7 Å². The number of ether oxygens (including phenoxy) is 3. The van der Waals surface area contributed by atoms with Crippen molar-refractivity contribution >= 4 is 11.9 Å². The van der Waals surface area contributed by atoms with Crippen LogP contribution in [0.25, 0.3) is 0 Å². The third-order valence-electron chi connectivity index (χ3n) is 4.26. The molecule has 2 N–H and O–H groups in total. The van der Waals surface area contributed by atoms with Gasteiger partial charge in [-0.25, -0.2) is 9.59 Å². The number of rotatable bonds is 8. The summed E-state index contributed by atoms with van der Waals surface area (Å²) in [7, 11) is 7.00. The van der Waals surface area contributed by atoms with Crippen molar-refractivity contribution in [1.82, 2.24) is 4.90 Å². The summed E-state index contributed by atoms with van der Waals surface area (Å²) < 4.78 is 54.8. The van der Waals surface area contributed by atoms with Crippen LogP contribution < -0.4 is 14.2 Å². The molecule has 0 bridgehead atoms. The van der Waals surface area contributed by atoms with E-state index in [0.717, 1.165) is 24.2 Å². The molecular weight excluding hydrogens is 447 g/mol. The summed E-state index contributed by atoms with van der Waals surface area (Å²) >= 11 is 0. The number of carbonyl (C=O) groups is 2. The molecular formula is C22H26F3NO7. The number of carboxylic acid groups (broad SMARTS) is 2. The molecule has 0 aliphatic heterocycles. The summed E-state index contributed by atoms with van der Waals surface area (Å²) in [5.41, 5.74) is 0.153. The van der Waals surface area contributed by atoms with Crippen molar-refractivity contribution < 1.29 is 47.2 Å². The molecule has 0 aromatic heterocycles. The molecule has 2 aromatic carbocycles. The number of hydrogen-bond acceptors (Lipinski definition) is 6. The van der Waals surface area contributed by atoms with Crippen LogP contribution in [0.1, 0.15) is 23.7 Å². The maximum atomic E-state index is 12.7. The molecule has 0 radical (unpaired) electrons. The summed E-state index contributed by atoms with van der Waals surface area (Å²) in [4.78, 5) is 20.2. The second-order valence-electron chi connectivity index (χ2n) is 6.95. The highest BCUT2D eigenvalue weighted by atomic mass is 19.4. The number of halogens is 3. The minimum Gasteiger partial charge on any atom is -0.493 e. The normalized spacial score (nSPS) is 11.8. The lowest BCUT2D eigenvalue weighted by Crippen LogP contribution is -2.19. The first kappa shape index (κ1) is 27.6. The fourth-order valence-corrected chi connectivity index (χ4v) is 2.61. The average molecular weight is 473 g/mol. The molecule has 2 rings (SSSR count). The molecule has 0 amide bonds. The van der Waals surface area contributed by atoms with E-state index in [1.165, 1.54) is 12.1 Å². The summed E-state index contributed by atoms with van der Waals surface area (Å²) in [5, 5.41) is 14.8. The summed E-state index contributed by atoms with van der Waals surface area (Å²) in [5.74, 6) is -2.10. The van der Waals surface area contributed by atoms with Gasteiger partial charge < -0.3 is 29.3 Å². The Balaban J connectivity index is 0.000000801. The minimum absolute atomic E-state index is 0.344. The molecule has 8 nitrogen and oxygen atoms in total. The molecule has 0 saturated carbocycles. The van der Waals surface area contributed by atoms with Crippen LogP contribution in [0.5, 0.6) is 17.2 Å². The van der Waals surface area contributed by atoms with Crippen LogP contribution in [0, 0.1) is 0 Å². The lowest BCUT2D eigenvalue weighted by molar-refractivity contribution is -0.159. The van der Waals surface area contributed by atoms with Crippen molar-refractivity contribution in [2.45, 2.75) is 18.7 Å². The molecule has 0 fully saturated rings. The number of hydrogen-bond donors (Lipinski definition) is 2. The zero-order chi connectivity index (χ0) is 25.2. The third kappa shape index (κ3) is 9.27. The van der Waals surface area contributed by atoms with E-state index in [2.05, 4.69) is 0 Å². The standard InChI is InChI=1S/C20H24F3NO3.C2H2O4/c1-24(2)12-11-17(14-5-10-18(25-3)19(13-14)26-4)27-16-8-6-15(7-9-16)20(21,22)23;3-1(4)2(5)6/h5-10,13,17H,11-12H2,1-4H3;(H,3,4)(H,5,6). The molecule has 2 aromatic rings. The van der Waals surface area contributed by atoms with Crippen LogP contribution in [0.2, 0.25) is 0 Å². The summed E-state index contributed by atoms with van der Waals surface area (Å²) in [6, 6.07) is 10.2. The lowest BCUT2D eigenvalue weighted by Gasteiger charge is -2.22. The smallest absolute Gasteiger partial charge is 0.416 e. The Labute approximate surface area is 189 Å².